The van der Waals surface area contributed by atoms with Gasteiger partial charge in [-0.3, -0.25) is 4.72 Å². The zero-order chi connectivity index (χ0) is 14.0. The van der Waals surface area contributed by atoms with Gasteiger partial charge in [-0.2, -0.15) is 0 Å². The second-order valence-electron chi connectivity index (χ2n) is 4.22. The van der Waals surface area contributed by atoms with Crippen LogP contribution in [0.4, 0.5) is 5.82 Å². The normalized spacial score (nSPS) is 11.3. The van der Waals surface area contributed by atoms with Crippen LogP contribution in [0.15, 0.2) is 41.4 Å². The molecule has 0 amide bonds. The van der Waals surface area contributed by atoms with Crippen molar-refractivity contribution in [3.63, 3.8) is 0 Å². The Morgan fingerprint density at radius 3 is 2.53 bits per heavy atom. The fourth-order valence-corrected chi connectivity index (χ4v) is 2.65. The van der Waals surface area contributed by atoms with Crippen LogP contribution in [0.1, 0.15) is 11.1 Å². The number of aromatic hydroxyl groups is 1. The number of nitrogens with one attached hydrogen (secondary N) is 1. The largest absolute Gasteiger partial charge is 0.504 e. The number of aryl methyl sites for hydroxylation is 2. The minimum absolute atomic E-state index is 0.0827. The van der Waals surface area contributed by atoms with Gasteiger partial charge in [-0.05, 0) is 49.2 Å². The Kier molecular flexibility index (Phi) is 3.44. The topological polar surface area (TPSA) is 79.3 Å². The van der Waals surface area contributed by atoms with Crippen molar-refractivity contribution in [3.05, 3.63) is 47.7 Å². The summed E-state index contributed by atoms with van der Waals surface area (Å²) in [7, 11) is -3.75. The standard InChI is InChI=1S/C13H14N2O3S/c1-9-5-6-11(8-10(9)2)19(17,18)15-13-12(16)4-3-7-14-13/h3-8,16H,1-2H3,(H,14,15). The lowest BCUT2D eigenvalue weighted by Crippen LogP contribution is -2.14. The average molecular weight is 278 g/mol. The first-order valence-electron chi connectivity index (χ1n) is 5.64. The quantitative estimate of drug-likeness (QED) is 0.902. The highest BCUT2D eigenvalue weighted by Gasteiger charge is 2.17. The lowest BCUT2D eigenvalue weighted by Gasteiger charge is -2.09. The number of benzene rings is 1. The summed E-state index contributed by atoms with van der Waals surface area (Å²) in [5.41, 5.74) is 1.90. The molecule has 0 saturated carbocycles. The average Bonchev–Trinajstić information content (AvgIpc) is 2.35. The van der Waals surface area contributed by atoms with Crippen LogP contribution in [0.25, 0.3) is 0 Å². The van der Waals surface area contributed by atoms with Crippen LogP contribution in [0.2, 0.25) is 0 Å². The van der Waals surface area contributed by atoms with Gasteiger partial charge in [0.25, 0.3) is 10.0 Å². The van der Waals surface area contributed by atoms with Crippen molar-refractivity contribution in [2.75, 3.05) is 4.72 Å². The molecule has 0 aliphatic heterocycles. The number of hydrogen-bond acceptors (Lipinski definition) is 4. The van der Waals surface area contributed by atoms with E-state index in [-0.39, 0.29) is 16.5 Å². The number of hydrogen-bond donors (Lipinski definition) is 2. The van der Waals surface area contributed by atoms with E-state index >= 15 is 0 Å². The fraction of sp³-hybridized carbons (Fsp3) is 0.154. The van der Waals surface area contributed by atoms with E-state index in [2.05, 4.69) is 9.71 Å². The van der Waals surface area contributed by atoms with E-state index in [1.165, 1.54) is 24.4 Å². The Morgan fingerprint density at radius 1 is 1.16 bits per heavy atom. The molecule has 0 aliphatic carbocycles. The van der Waals surface area contributed by atoms with Gasteiger partial charge in [0.1, 0.15) is 0 Å². The Morgan fingerprint density at radius 2 is 1.89 bits per heavy atom. The van der Waals surface area contributed by atoms with E-state index in [0.29, 0.717) is 0 Å². The molecule has 0 fully saturated rings. The molecule has 2 rings (SSSR count). The molecule has 0 aliphatic rings. The molecule has 19 heavy (non-hydrogen) atoms. The molecular formula is C13H14N2O3S. The van der Waals surface area contributed by atoms with Crippen molar-refractivity contribution < 1.29 is 13.5 Å². The predicted octanol–water partition coefficient (Wildman–Crippen LogP) is 2.20. The summed E-state index contributed by atoms with van der Waals surface area (Å²) >= 11 is 0. The third-order valence-corrected chi connectivity index (χ3v) is 4.14. The van der Waals surface area contributed by atoms with Crippen molar-refractivity contribution in [2.24, 2.45) is 0 Å². The molecule has 1 heterocycles. The van der Waals surface area contributed by atoms with E-state index in [4.69, 9.17) is 0 Å². The summed E-state index contributed by atoms with van der Waals surface area (Å²) < 4.78 is 26.6. The molecule has 0 atom stereocenters. The van der Waals surface area contributed by atoms with Crippen LogP contribution in [-0.2, 0) is 10.0 Å². The highest BCUT2D eigenvalue weighted by atomic mass is 32.2. The number of aromatic nitrogens is 1. The molecule has 0 spiro atoms. The molecule has 1 aromatic carbocycles. The zero-order valence-electron chi connectivity index (χ0n) is 10.6. The number of anilines is 1. The van der Waals surface area contributed by atoms with E-state index < -0.39 is 10.0 Å². The molecule has 0 saturated heterocycles. The molecule has 0 unspecified atom stereocenters. The molecule has 100 valence electrons. The van der Waals surface area contributed by atoms with Crippen molar-refractivity contribution in [2.45, 2.75) is 18.7 Å². The number of nitrogens with zero attached hydrogens (tertiary/aromatic N) is 1. The number of pyridine rings is 1. The van der Waals surface area contributed by atoms with E-state index in [9.17, 15) is 13.5 Å². The third-order valence-electron chi connectivity index (χ3n) is 2.81. The summed E-state index contributed by atoms with van der Waals surface area (Å²) in [5, 5.41) is 9.53. The smallest absolute Gasteiger partial charge is 0.263 e. The maximum absolute atomic E-state index is 12.2. The summed E-state index contributed by atoms with van der Waals surface area (Å²) in [6.07, 6.45) is 1.40. The minimum atomic E-state index is -3.75. The Bertz CT molecular complexity index is 712. The van der Waals surface area contributed by atoms with Gasteiger partial charge in [0, 0.05) is 6.20 Å². The van der Waals surface area contributed by atoms with Crippen LogP contribution >= 0.6 is 0 Å². The molecule has 0 radical (unpaired) electrons. The molecular weight excluding hydrogens is 264 g/mol. The highest BCUT2D eigenvalue weighted by Crippen LogP contribution is 2.23. The van der Waals surface area contributed by atoms with Gasteiger partial charge < -0.3 is 5.11 Å². The van der Waals surface area contributed by atoms with Crippen molar-refractivity contribution in [1.29, 1.82) is 0 Å². The van der Waals surface area contributed by atoms with Crippen molar-refractivity contribution in [1.82, 2.24) is 4.98 Å². The first-order valence-corrected chi connectivity index (χ1v) is 7.12. The van der Waals surface area contributed by atoms with Crippen LogP contribution in [-0.4, -0.2) is 18.5 Å². The second kappa shape index (κ2) is 4.89. The van der Waals surface area contributed by atoms with E-state index in [0.717, 1.165) is 11.1 Å². The van der Waals surface area contributed by atoms with Crippen molar-refractivity contribution >= 4 is 15.8 Å². The molecule has 2 N–H and O–H groups in total. The second-order valence-corrected chi connectivity index (χ2v) is 5.91. The van der Waals surface area contributed by atoms with Crippen molar-refractivity contribution in [3.8, 4) is 5.75 Å². The van der Waals surface area contributed by atoms with Gasteiger partial charge in [0.15, 0.2) is 11.6 Å². The fourth-order valence-electron chi connectivity index (χ4n) is 1.54. The third kappa shape index (κ3) is 2.85. The van der Waals surface area contributed by atoms with E-state index in [1.54, 1.807) is 12.1 Å². The minimum Gasteiger partial charge on any atom is -0.504 e. The maximum Gasteiger partial charge on any atom is 0.263 e. The molecule has 2 aromatic rings. The molecule has 5 nitrogen and oxygen atoms in total. The molecule has 1 aromatic heterocycles. The van der Waals surface area contributed by atoms with Gasteiger partial charge >= 0.3 is 0 Å². The van der Waals surface area contributed by atoms with Crippen LogP contribution in [0, 0.1) is 13.8 Å². The van der Waals surface area contributed by atoms with Gasteiger partial charge in [-0.15, -0.1) is 0 Å². The lowest BCUT2D eigenvalue weighted by molar-refractivity contribution is 0.475. The Balaban J connectivity index is 2.38. The predicted molar refractivity (Wildman–Crippen MR) is 72.6 cm³/mol. The van der Waals surface area contributed by atoms with E-state index in [1.807, 2.05) is 13.8 Å². The Hall–Kier alpha value is -2.08. The Labute approximate surface area is 112 Å². The summed E-state index contributed by atoms with van der Waals surface area (Å²) in [6.45, 7) is 3.75. The van der Waals surface area contributed by atoms with Gasteiger partial charge in [0.2, 0.25) is 0 Å². The summed E-state index contributed by atoms with van der Waals surface area (Å²) in [5.74, 6) is -0.296. The summed E-state index contributed by atoms with van der Waals surface area (Å²) in [4.78, 5) is 3.93. The van der Waals surface area contributed by atoms with Gasteiger partial charge in [-0.1, -0.05) is 6.07 Å². The van der Waals surface area contributed by atoms with Crippen LogP contribution in [0.5, 0.6) is 5.75 Å². The van der Waals surface area contributed by atoms with Crippen LogP contribution in [0.3, 0.4) is 0 Å². The first kappa shape index (κ1) is 13.4. The van der Waals surface area contributed by atoms with Gasteiger partial charge in [-0.25, -0.2) is 13.4 Å². The molecule has 0 bridgehead atoms. The molecule has 6 heteroatoms. The number of sulfonamides is 1. The lowest BCUT2D eigenvalue weighted by atomic mass is 10.1. The van der Waals surface area contributed by atoms with Gasteiger partial charge in [0.05, 0.1) is 4.90 Å². The maximum atomic E-state index is 12.2. The monoisotopic (exact) mass is 278 g/mol. The van der Waals surface area contributed by atoms with Crippen LogP contribution < -0.4 is 4.72 Å². The highest BCUT2D eigenvalue weighted by molar-refractivity contribution is 7.92. The number of rotatable bonds is 3. The SMILES string of the molecule is Cc1ccc(S(=O)(=O)Nc2ncccc2O)cc1C. The zero-order valence-corrected chi connectivity index (χ0v) is 11.4. The first-order chi connectivity index (χ1) is 8.90. The summed E-state index contributed by atoms with van der Waals surface area (Å²) in [6, 6.07) is 7.72.